The maximum absolute atomic E-state index is 14.1. The van der Waals surface area contributed by atoms with Crippen molar-refractivity contribution in [3.8, 4) is 5.75 Å². The number of nitrogens with one attached hydrogen (secondary N) is 3. The summed E-state index contributed by atoms with van der Waals surface area (Å²) < 4.78 is 34.4. The molecule has 13 heteroatoms. The molecule has 0 spiro atoms. The molecule has 4 aromatic rings. The quantitative estimate of drug-likeness (QED) is 0.177. The molecule has 0 unspecified atom stereocenters. The van der Waals surface area contributed by atoms with Crippen LogP contribution in [-0.4, -0.2) is 57.6 Å². The smallest absolute Gasteiger partial charge is 0.405 e. The number of para-hydroxylation sites is 1. The number of carbonyl (C=O) groups excluding carboxylic acids is 2. The Labute approximate surface area is 250 Å². The molecule has 0 aliphatic heterocycles. The first-order valence-corrected chi connectivity index (χ1v) is 13.6. The standard InChI is InChI=1S/C31H31F2N5O6/c1-37(2)27(39)11-4-3-8-24(36-31(42)43)29(40)35-25-9-6-14-38(30(25)41)17-22-15-19-7-5-10-26(28(19)34-22)44-18-20-12-13-21(32)16-23(20)33/h4-7,9-16,24,34,36H,3,8,17-18H2,1-2H3,(H,35,40)(H,42,43)/b11-4+/t24-/m0/s1. The van der Waals surface area contributed by atoms with Crippen LogP contribution in [0.25, 0.3) is 10.9 Å². The zero-order chi connectivity index (χ0) is 31.8. The van der Waals surface area contributed by atoms with Gasteiger partial charge in [-0.15, -0.1) is 0 Å². The number of rotatable bonds is 12. The van der Waals surface area contributed by atoms with Gasteiger partial charge < -0.3 is 34.9 Å². The molecule has 0 saturated heterocycles. The lowest BCUT2D eigenvalue weighted by Crippen LogP contribution is -2.44. The van der Waals surface area contributed by atoms with Gasteiger partial charge in [0.1, 0.15) is 35.7 Å². The van der Waals surface area contributed by atoms with Crippen molar-refractivity contribution in [2.24, 2.45) is 0 Å². The maximum Gasteiger partial charge on any atom is 0.405 e. The first kappa shape index (κ1) is 31.5. The average Bonchev–Trinajstić information content (AvgIpc) is 3.39. The van der Waals surface area contributed by atoms with Crippen molar-refractivity contribution in [2.75, 3.05) is 19.4 Å². The number of carboxylic acid groups (broad SMARTS) is 1. The van der Waals surface area contributed by atoms with E-state index in [1.54, 1.807) is 38.4 Å². The largest absolute Gasteiger partial charge is 0.487 e. The van der Waals surface area contributed by atoms with E-state index in [4.69, 9.17) is 4.74 Å². The molecule has 0 fully saturated rings. The maximum atomic E-state index is 14.1. The molecule has 2 aromatic heterocycles. The van der Waals surface area contributed by atoms with Gasteiger partial charge in [-0.25, -0.2) is 13.6 Å². The van der Waals surface area contributed by atoms with E-state index >= 15 is 0 Å². The van der Waals surface area contributed by atoms with Gasteiger partial charge in [0.15, 0.2) is 0 Å². The van der Waals surface area contributed by atoms with Crippen molar-refractivity contribution in [1.29, 1.82) is 0 Å². The number of aromatic nitrogens is 2. The van der Waals surface area contributed by atoms with Crippen LogP contribution in [0.1, 0.15) is 24.1 Å². The van der Waals surface area contributed by atoms with Crippen LogP contribution in [0, 0.1) is 11.6 Å². The highest BCUT2D eigenvalue weighted by molar-refractivity contribution is 5.96. The zero-order valence-electron chi connectivity index (χ0n) is 24.0. The normalized spacial score (nSPS) is 11.8. The molecule has 44 heavy (non-hydrogen) atoms. The first-order valence-electron chi connectivity index (χ1n) is 13.6. The average molecular weight is 608 g/mol. The molecule has 2 heterocycles. The fourth-order valence-corrected chi connectivity index (χ4v) is 4.36. The molecule has 4 rings (SSSR count). The second kappa shape index (κ2) is 14.1. The molecule has 11 nitrogen and oxygen atoms in total. The van der Waals surface area contributed by atoms with Crippen molar-refractivity contribution in [2.45, 2.75) is 32.0 Å². The Hall–Kier alpha value is -5.46. The number of anilines is 1. The summed E-state index contributed by atoms with van der Waals surface area (Å²) >= 11 is 0. The number of allylic oxidation sites excluding steroid dienone is 1. The molecule has 0 saturated carbocycles. The highest BCUT2D eigenvalue weighted by Crippen LogP contribution is 2.27. The number of nitrogens with zero attached hydrogens (tertiary/aromatic N) is 2. The zero-order valence-corrected chi connectivity index (χ0v) is 24.0. The van der Waals surface area contributed by atoms with E-state index in [1.165, 1.54) is 33.9 Å². The van der Waals surface area contributed by atoms with Crippen molar-refractivity contribution < 1.29 is 33.0 Å². The van der Waals surface area contributed by atoms with Crippen LogP contribution in [0.5, 0.6) is 5.75 Å². The van der Waals surface area contributed by atoms with Crippen molar-refractivity contribution in [3.63, 3.8) is 0 Å². The van der Waals surface area contributed by atoms with Crippen LogP contribution >= 0.6 is 0 Å². The summed E-state index contributed by atoms with van der Waals surface area (Å²) in [6, 6.07) is 12.2. The number of likely N-dealkylation sites (N-methyl/N-ethyl adjacent to an activating group) is 1. The van der Waals surface area contributed by atoms with E-state index in [0.29, 0.717) is 17.0 Å². The van der Waals surface area contributed by atoms with Gasteiger partial charge >= 0.3 is 6.09 Å². The van der Waals surface area contributed by atoms with Crippen molar-refractivity contribution >= 4 is 34.5 Å². The topological polar surface area (TPSA) is 146 Å². The highest BCUT2D eigenvalue weighted by atomic mass is 19.1. The summed E-state index contributed by atoms with van der Waals surface area (Å²) in [5, 5.41) is 14.6. The predicted molar refractivity (Wildman–Crippen MR) is 159 cm³/mol. The number of halogens is 2. The monoisotopic (exact) mass is 607 g/mol. The number of hydrogen-bond donors (Lipinski definition) is 4. The Kier molecular flexibility index (Phi) is 10.1. The lowest BCUT2D eigenvalue weighted by atomic mass is 10.1. The van der Waals surface area contributed by atoms with E-state index in [0.717, 1.165) is 17.5 Å². The lowest BCUT2D eigenvalue weighted by molar-refractivity contribution is -0.123. The molecule has 230 valence electrons. The minimum atomic E-state index is -1.41. The Balaban J connectivity index is 1.46. The Bertz CT molecular complexity index is 1760. The fraction of sp³-hybridized carbons (Fsp3) is 0.226. The summed E-state index contributed by atoms with van der Waals surface area (Å²) in [5.74, 6) is -1.93. The third kappa shape index (κ3) is 8.09. The molecule has 4 N–H and O–H groups in total. The summed E-state index contributed by atoms with van der Waals surface area (Å²) in [5.41, 5.74) is 0.880. The molecule has 0 aliphatic rings. The minimum absolute atomic E-state index is 0.0468. The molecule has 0 aliphatic carbocycles. The van der Waals surface area contributed by atoms with Gasteiger partial charge in [-0.2, -0.15) is 0 Å². The molecule has 0 bridgehead atoms. The SMILES string of the molecule is CN(C)C(=O)/C=C/CC[C@H](NC(=O)O)C(=O)Nc1cccn(Cc2cc3cccc(OCc4ccc(F)cc4F)c3[nH]2)c1=O. The molecule has 3 amide bonds. The number of benzene rings is 2. The molecule has 1 atom stereocenters. The molecular weight excluding hydrogens is 576 g/mol. The number of ether oxygens (including phenoxy) is 1. The Morgan fingerprint density at radius 2 is 1.91 bits per heavy atom. The molecule has 2 aromatic carbocycles. The number of aromatic amines is 1. The van der Waals surface area contributed by atoms with Gasteiger partial charge in [0, 0.05) is 43.0 Å². The van der Waals surface area contributed by atoms with Crippen molar-refractivity contribution in [3.05, 3.63) is 106 Å². The predicted octanol–water partition coefficient (Wildman–Crippen LogP) is 4.23. The number of H-pyrrole nitrogens is 1. The van der Waals surface area contributed by atoms with E-state index in [1.807, 2.05) is 12.1 Å². The molecular formula is C31H31F2N5O6. The third-order valence-corrected chi connectivity index (χ3v) is 6.63. The van der Waals surface area contributed by atoms with Crippen LogP contribution in [0.3, 0.4) is 0 Å². The number of pyridine rings is 1. The Morgan fingerprint density at radius 1 is 1.11 bits per heavy atom. The van der Waals surface area contributed by atoms with Gasteiger partial charge in [-0.3, -0.25) is 14.4 Å². The summed E-state index contributed by atoms with van der Waals surface area (Å²) in [7, 11) is 3.18. The fourth-order valence-electron chi connectivity index (χ4n) is 4.36. The number of carbonyl (C=O) groups is 3. The van der Waals surface area contributed by atoms with Gasteiger partial charge in [0.2, 0.25) is 11.8 Å². The number of hydrogen-bond acceptors (Lipinski definition) is 5. The van der Waals surface area contributed by atoms with Gasteiger partial charge in [0.25, 0.3) is 5.56 Å². The van der Waals surface area contributed by atoms with E-state index < -0.39 is 35.2 Å². The van der Waals surface area contributed by atoms with E-state index in [9.17, 15) is 33.1 Å². The van der Waals surface area contributed by atoms with Crippen LogP contribution in [0.2, 0.25) is 0 Å². The number of fused-ring (bicyclic) bond motifs is 1. The van der Waals surface area contributed by atoms with E-state index in [2.05, 4.69) is 15.6 Å². The van der Waals surface area contributed by atoms with Crippen LogP contribution in [-0.2, 0) is 22.7 Å². The van der Waals surface area contributed by atoms with Gasteiger partial charge in [0.05, 0.1) is 12.1 Å². The van der Waals surface area contributed by atoms with Crippen LogP contribution < -0.4 is 20.9 Å². The van der Waals surface area contributed by atoms with Crippen LogP contribution in [0.4, 0.5) is 19.3 Å². The van der Waals surface area contributed by atoms with Crippen molar-refractivity contribution in [1.82, 2.24) is 19.8 Å². The summed E-state index contributed by atoms with van der Waals surface area (Å²) in [6.07, 6.45) is 3.30. The Morgan fingerprint density at radius 3 is 2.64 bits per heavy atom. The first-order chi connectivity index (χ1) is 21.0. The third-order valence-electron chi connectivity index (χ3n) is 6.63. The lowest BCUT2D eigenvalue weighted by Gasteiger charge is -2.16. The van der Waals surface area contributed by atoms with Gasteiger partial charge in [-0.05, 0) is 55.3 Å². The minimum Gasteiger partial charge on any atom is -0.487 e. The van der Waals surface area contributed by atoms with Crippen LogP contribution in [0.15, 0.2) is 77.7 Å². The molecule has 0 radical (unpaired) electrons. The summed E-state index contributed by atoms with van der Waals surface area (Å²) in [4.78, 5) is 53.7. The second-order valence-corrected chi connectivity index (χ2v) is 10.1. The highest BCUT2D eigenvalue weighted by Gasteiger charge is 2.21. The van der Waals surface area contributed by atoms with E-state index in [-0.39, 0.29) is 43.2 Å². The summed E-state index contributed by atoms with van der Waals surface area (Å²) in [6.45, 7) is -0.0201. The second-order valence-electron chi connectivity index (χ2n) is 10.1. The van der Waals surface area contributed by atoms with Gasteiger partial charge in [-0.1, -0.05) is 18.2 Å². The number of amides is 3.